The summed E-state index contributed by atoms with van der Waals surface area (Å²) < 4.78 is 39.3. The first-order chi connectivity index (χ1) is 53.2. The van der Waals surface area contributed by atoms with Gasteiger partial charge in [0.15, 0.2) is 22.4 Å². The Balaban J connectivity index is 0.000000362. The van der Waals surface area contributed by atoms with Gasteiger partial charge in [-0.3, -0.25) is 24.4 Å². The van der Waals surface area contributed by atoms with Crippen LogP contribution in [0.1, 0.15) is 225 Å². The van der Waals surface area contributed by atoms with Crippen molar-refractivity contribution in [3.05, 3.63) is 114 Å². The zero-order valence-electron chi connectivity index (χ0n) is 76.5. The number of nitrogens with zero attached hydrogens (tertiary/aromatic N) is 5. The Morgan fingerprint density at radius 2 is 0.733 bits per heavy atom. The molecule has 0 spiro atoms. The summed E-state index contributed by atoms with van der Waals surface area (Å²) in [6.45, 7) is 63.5. The average molecular weight is 1740 g/mol. The smallest absolute Gasteiger partial charge is 0.411 e. The minimum Gasteiger partial charge on any atom is -0.480 e. The molecular formula is C90H151BrN5O17PSi2. The Hall–Kier alpha value is -6.19. The molecule has 5 fully saturated rings. The number of aliphatic hydroxyl groups is 2. The molecule has 3 aromatic rings. The van der Waals surface area contributed by atoms with Crippen LogP contribution in [0, 0.1) is 11.8 Å². The molecule has 5 aliphatic rings. The fourth-order valence-electron chi connectivity index (χ4n) is 13.1. The molecule has 22 nitrogen and oxygen atoms in total. The molecule has 5 saturated heterocycles. The van der Waals surface area contributed by atoms with Crippen LogP contribution in [-0.2, 0) is 42.1 Å². The van der Waals surface area contributed by atoms with Crippen molar-refractivity contribution in [1.82, 2.24) is 24.5 Å². The molecule has 8 rings (SSSR count). The summed E-state index contributed by atoms with van der Waals surface area (Å²) in [6, 6.07) is 31.6. The monoisotopic (exact) mass is 1740 g/mol. The molecule has 0 radical (unpaired) electrons. The van der Waals surface area contributed by atoms with Gasteiger partial charge in [-0.15, -0.1) is 0 Å². The van der Waals surface area contributed by atoms with E-state index in [1.54, 1.807) is 30.6 Å². The number of ketones is 1. The third-order valence-corrected chi connectivity index (χ3v) is 41.4. The van der Waals surface area contributed by atoms with Crippen molar-refractivity contribution >= 4 is 95.6 Å². The quantitative estimate of drug-likeness (QED) is 0.0553. The van der Waals surface area contributed by atoms with Crippen LogP contribution in [0.4, 0.5) is 24.0 Å². The maximum Gasteiger partial charge on any atom is 0.411 e. The van der Waals surface area contributed by atoms with Gasteiger partial charge in [-0.25, -0.2) is 28.8 Å². The molecule has 0 aliphatic carbocycles. The van der Waals surface area contributed by atoms with Crippen molar-refractivity contribution in [2.75, 3.05) is 65.3 Å². The molecule has 7 atom stereocenters. The average Bonchev–Trinajstić information content (AvgIpc) is 0.902. The molecule has 3 N–H and O–H groups in total. The molecule has 5 heterocycles. The molecule has 0 unspecified atom stereocenters. The third-order valence-electron chi connectivity index (χ3n) is 21.9. The number of aliphatic hydroxyl groups excluding tert-OH is 2. The third kappa shape index (κ3) is 31.8. The Labute approximate surface area is 708 Å². The zero-order valence-corrected chi connectivity index (χ0v) is 81.0. The van der Waals surface area contributed by atoms with E-state index in [0.717, 1.165) is 38.3 Å². The largest absolute Gasteiger partial charge is 0.480 e. The fraction of sp³-hybridized carbons (Fsp3) is 0.678. The van der Waals surface area contributed by atoms with Gasteiger partial charge in [0, 0.05) is 32.6 Å². The standard InChI is InChI=1S/C20H20BrP.C18H35NO3Si.C16H31NO4Si.C12H21NO4.C12H23NO3.C12H21NO3/c1-2-22(21,18-12-6-3-7-13-18,19-14-8-4-9-15-19)20-16-10-5-11-17-20;1-10-14-11-15(13-21-23(8,9)18(5,6)7)19(12-14)16(20)22-17(2,3)4;1-15(2,3)21-14(19)17-10-13(18)9-12(17)11-20-22(7,8)16(4,5)6;1-5-8-6-9(10(14)15)13(7-8)11(16)17-12(2,3)4;2*1-5-9-6-10(8-14)13(7-9)11(15)16-12(2,3)4/h3-17H,2H2,1H3;10,15H,11-13H2,1-9H3;12H,9-11H2,1-8H3;8-9H,5-7H2,1-4H3,(H,14,15);9-10,14H,5-8H2,1-4H3;5,10,14H,6-8H2,1-4H3/b;14-10+;;;;9-5+/t;15-;12-;8-,9+;9-,10+;10-/m.00110/s1. The Morgan fingerprint density at radius 3 is 1.03 bits per heavy atom. The van der Waals surface area contributed by atoms with Gasteiger partial charge >= 0.3 is 177 Å². The molecule has 5 aliphatic heterocycles. The number of rotatable bonds is 15. The van der Waals surface area contributed by atoms with Crippen LogP contribution in [0.15, 0.2) is 114 Å². The predicted octanol–water partition coefficient (Wildman–Crippen LogP) is 19.5. The van der Waals surface area contributed by atoms with Gasteiger partial charge in [-0.1, -0.05) is 91.5 Å². The van der Waals surface area contributed by atoms with Crippen LogP contribution in [0.2, 0.25) is 36.3 Å². The number of hydrogen-bond acceptors (Lipinski definition) is 16. The molecule has 0 saturated carbocycles. The number of carbonyl (C=O) groups excluding carboxylic acids is 6. The molecule has 0 bridgehead atoms. The SMILES string of the molecule is C/C=C1\C[C@@H](CO)N(C(=O)OC(C)(C)C)C1.C/C=C1\C[C@@H](CO[Si](C)(C)C(C)(C)C)N(C(=O)OC(C)(C)C)C1.CC(C)(C)OC(=O)N1CC(=O)C[C@H]1CO[Si](C)(C)C(C)(C)C.CCP(Br)(c1ccccc1)(c1ccccc1)c1ccccc1.CC[C@@H]1C[C@@H](C(=O)O)N(C(=O)OC(C)(C)C)C1.CC[C@@H]1C[C@@H](CO)N(C(=O)OC(C)(C)C)C1. The Kier molecular flexibility index (Phi) is 38.9. The number of benzene rings is 3. The predicted molar refractivity (Wildman–Crippen MR) is 480 cm³/mol. The summed E-state index contributed by atoms with van der Waals surface area (Å²) in [4.78, 5) is 91.1. The number of halogens is 1. The maximum atomic E-state index is 12.5. The summed E-state index contributed by atoms with van der Waals surface area (Å²) in [6.07, 6.45) is 8.59. The van der Waals surface area contributed by atoms with Crippen molar-refractivity contribution in [3.8, 4) is 0 Å². The van der Waals surface area contributed by atoms with Crippen molar-refractivity contribution in [2.24, 2.45) is 11.8 Å². The number of carboxylic acid groups (broad SMARTS) is 1. The van der Waals surface area contributed by atoms with E-state index in [-0.39, 0.29) is 84.0 Å². The van der Waals surface area contributed by atoms with E-state index in [2.05, 4.69) is 194 Å². The van der Waals surface area contributed by atoms with E-state index < -0.39 is 74.1 Å². The van der Waals surface area contributed by atoms with Gasteiger partial charge in [0.05, 0.1) is 57.1 Å². The molecule has 658 valence electrons. The van der Waals surface area contributed by atoms with Gasteiger partial charge in [0.1, 0.15) is 34.0 Å². The maximum absolute atomic E-state index is 12.5. The number of likely N-dealkylation sites (tertiary alicyclic amines) is 5. The number of amides is 5. The van der Waals surface area contributed by atoms with Crippen LogP contribution in [0.3, 0.4) is 0 Å². The molecular weight excluding hydrogens is 1590 g/mol. The zero-order chi connectivity index (χ0) is 88.8. The summed E-state index contributed by atoms with van der Waals surface area (Å²) >= 11 is 4.35. The normalized spacial score (nSPS) is 21.2. The van der Waals surface area contributed by atoms with Crippen molar-refractivity contribution in [3.63, 3.8) is 0 Å². The second-order valence-electron chi connectivity index (χ2n) is 39.1. The second-order valence-corrected chi connectivity index (χ2v) is 58.0. The topological polar surface area (TPSA) is 261 Å². The van der Waals surface area contributed by atoms with E-state index in [9.17, 15) is 43.8 Å². The summed E-state index contributed by atoms with van der Waals surface area (Å²) in [5.74, 6) is -0.144. The molecule has 26 heteroatoms. The van der Waals surface area contributed by atoms with Crippen LogP contribution < -0.4 is 15.9 Å². The van der Waals surface area contributed by atoms with Crippen LogP contribution in [0.5, 0.6) is 0 Å². The number of carbonyl (C=O) groups is 7. The molecule has 5 amide bonds. The fourth-order valence-corrected chi connectivity index (χ4v) is 21.7. The number of aliphatic carboxylic acids is 1. The second kappa shape index (κ2) is 43.3. The van der Waals surface area contributed by atoms with Gasteiger partial charge in [-0.2, -0.15) is 0 Å². The molecule has 116 heavy (non-hydrogen) atoms. The summed E-state index contributed by atoms with van der Waals surface area (Å²) in [5, 5.41) is 29.4. The van der Waals surface area contributed by atoms with Gasteiger partial charge in [0.25, 0.3) is 0 Å². The van der Waals surface area contributed by atoms with Gasteiger partial charge in [-0.05, 0) is 191 Å². The Morgan fingerprint density at radius 1 is 0.440 bits per heavy atom. The van der Waals surface area contributed by atoms with Crippen molar-refractivity contribution < 1.29 is 81.4 Å². The number of ether oxygens (including phenoxy) is 5. The Bertz CT molecular complexity index is 3590. The number of Topliss-reactive ketones (excluding diaryl/α,β-unsaturated/α-hetero) is 1. The molecule has 3 aromatic carbocycles. The van der Waals surface area contributed by atoms with Gasteiger partial charge in [0.2, 0.25) is 0 Å². The molecule has 0 aromatic heterocycles. The van der Waals surface area contributed by atoms with E-state index in [1.165, 1.54) is 36.9 Å². The number of carboxylic acids is 1. The summed E-state index contributed by atoms with van der Waals surface area (Å²) in [7, 11) is -3.71. The minimum atomic E-state index is -2.59. The van der Waals surface area contributed by atoms with E-state index in [1.807, 2.05) is 115 Å². The first-order valence-electron chi connectivity index (χ1n) is 41.6. The van der Waals surface area contributed by atoms with Crippen LogP contribution in [0.25, 0.3) is 0 Å². The van der Waals surface area contributed by atoms with E-state index >= 15 is 0 Å². The first kappa shape index (κ1) is 104. The number of hydrogen-bond donors (Lipinski definition) is 3. The van der Waals surface area contributed by atoms with Gasteiger partial charge < -0.3 is 52.8 Å². The number of allylic oxidation sites excluding steroid dienone is 2. The minimum absolute atomic E-state index is 0.0173. The van der Waals surface area contributed by atoms with Crippen LogP contribution in [-0.4, -0.2) is 222 Å². The summed E-state index contributed by atoms with van der Waals surface area (Å²) in [5.41, 5.74) is -0.139. The van der Waals surface area contributed by atoms with Crippen molar-refractivity contribution in [1.29, 1.82) is 0 Å². The van der Waals surface area contributed by atoms with E-state index in [4.69, 9.17) is 37.6 Å². The first-order valence-corrected chi connectivity index (χ1v) is 51.8. The van der Waals surface area contributed by atoms with Crippen LogP contribution >= 0.6 is 20.8 Å². The van der Waals surface area contributed by atoms with E-state index in [0.29, 0.717) is 58.2 Å². The van der Waals surface area contributed by atoms with Crippen molar-refractivity contribution in [2.45, 2.75) is 319 Å².